The number of nitrogens with zero attached hydrogens (tertiary/aromatic N) is 1. The topological polar surface area (TPSA) is 96.0 Å². The highest BCUT2D eigenvalue weighted by Crippen LogP contribution is 2.23. The predicted molar refractivity (Wildman–Crippen MR) is 57.3 cm³/mol. The Balaban J connectivity index is 2.59. The van der Waals surface area contributed by atoms with Gasteiger partial charge in [-0.05, 0) is 25.3 Å². The summed E-state index contributed by atoms with van der Waals surface area (Å²) >= 11 is 0. The maximum Gasteiger partial charge on any atom is 0.225 e. The zero-order valence-electron chi connectivity index (χ0n) is 8.65. The number of hydrogen-bond acceptors (Lipinski definition) is 4. The summed E-state index contributed by atoms with van der Waals surface area (Å²) in [5.41, 5.74) is 5.59. The van der Waals surface area contributed by atoms with Gasteiger partial charge in [0.05, 0.1) is 6.07 Å². The molecule has 1 fully saturated rings. The molecule has 5 nitrogen and oxygen atoms in total. The summed E-state index contributed by atoms with van der Waals surface area (Å²) in [7, 11) is -3.44. The summed E-state index contributed by atoms with van der Waals surface area (Å²) in [6.45, 7) is 0.500. The van der Waals surface area contributed by atoms with Gasteiger partial charge in [-0.15, -0.1) is 0 Å². The van der Waals surface area contributed by atoms with Crippen LogP contribution in [0.25, 0.3) is 0 Å². The monoisotopic (exact) mass is 231 g/mol. The number of nitriles is 1. The van der Waals surface area contributed by atoms with Crippen molar-refractivity contribution >= 4 is 10.0 Å². The molecule has 1 aliphatic rings. The summed E-state index contributed by atoms with van der Waals surface area (Å²) in [5.74, 6) is -0.256. The van der Waals surface area contributed by atoms with Crippen molar-refractivity contribution in [2.24, 2.45) is 11.7 Å². The van der Waals surface area contributed by atoms with E-state index in [1.165, 1.54) is 0 Å². The maximum absolute atomic E-state index is 11.4. The molecule has 0 aliphatic heterocycles. The first kappa shape index (κ1) is 12.4. The molecule has 1 aliphatic carbocycles. The van der Waals surface area contributed by atoms with Gasteiger partial charge in [-0.2, -0.15) is 5.26 Å². The van der Waals surface area contributed by atoms with Crippen LogP contribution in [0.5, 0.6) is 0 Å². The van der Waals surface area contributed by atoms with Crippen molar-refractivity contribution in [2.75, 3.05) is 12.3 Å². The van der Waals surface area contributed by atoms with Crippen molar-refractivity contribution in [3.63, 3.8) is 0 Å². The van der Waals surface area contributed by atoms with Gasteiger partial charge in [0.2, 0.25) is 10.0 Å². The first-order valence-corrected chi connectivity index (χ1v) is 6.81. The third-order valence-corrected chi connectivity index (χ3v) is 3.97. The summed E-state index contributed by atoms with van der Waals surface area (Å²) in [4.78, 5) is 0. The molecule has 2 unspecified atom stereocenters. The molecule has 15 heavy (non-hydrogen) atoms. The van der Waals surface area contributed by atoms with E-state index in [9.17, 15) is 8.42 Å². The zero-order chi connectivity index (χ0) is 11.3. The molecule has 0 aromatic heterocycles. The van der Waals surface area contributed by atoms with Gasteiger partial charge in [0.1, 0.15) is 0 Å². The van der Waals surface area contributed by atoms with Crippen LogP contribution in [0.15, 0.2) is 0 Å². The second-order valence-corrected chi connectivity index (χ2v) is 5.68. The van der Waals surface area contributed by atoms with Gasteiger partial charge in [-0.3, -0.25) is 0 Å². The minimum absolute atomic E-state index is 0.0814. The van der Waals surface area contributed by atoms with Gasteiger partial charge < -0.3 is 5.73 Å². The molecule has 1 rings (SSSR count). The number of hydrogen-bond donors (Lipinski definition) is 2. The lowest BCUT2D eigenvalue weighted by atomic mass is 9.85. The molecular formula is C9H17N3O2S. The lowest BCUT2D eigenvalue weighted by Crippen LogP contribution is -2.45. The second kappa shape index (κ2) is 5.45. The van der Waals surface area contributed by atoms with Crippen molar-refractivity contribution in [1.29, 1.82) is 5.26 Å². The van der Waals surface area contributed by atoms with Crippen molar-refractivity contribution in [2.45, 2.75) is 31.7 Å². The highest BCUT2D eigenvalue weighted by molar-refractivity contribution is 7.89. The molecule has 0 aromatic rings. The Bertz CT molecular complexity index is 334. The summed E-state index contributed by atoms with van der Waals surface area (Å²) in [5, 5.41) is 8.36. The fourth-order valence-electron chi connectivity index (χ4n) is 2.00. The fourth-order valence-corrected chi connectivity index (χ4v) is 3.03. The highest BCUT2D eigenvalue weighted by Gasteiger charge is 2.27. The lowest BCUT2D eigenvalue weighted by Gasteiger charge is -2.30. The molecule has 3 N–H and O–H groups in total. The minimum Gasteiger partial charge on any atom is -0.330 e. The van der Waals surface area contributed by atoms with Gasteiger partial charge in [0, 0.05) is 6.04 Å². The largest absolute Gasteiger partial charge is 0.330 e. The van der Waals surface area contributed by atoms with E-state index in [2.05, 4.69) is 4.72 Å². The third-order valence-electron chi connectivity index (χ3n) is 2.80. The molecular weight excluding hydrogens is 214 g/mol. The Morgan fingerprint density at radius 1 is 1.40 bits per heavy atom. The van der Waals surface area contributed by atoms with E-state index in [-0.39, 0.29) is 12.0 Å². The van der Waals surface area contributed by atoms with E-state index in [1.807, 2.05) is 0 Å². The average molecular weight is 231 g/mol. The number of nitrogens with two attached hydrogens (primary N) is 1. The van der Waals surface area contributed by atoms with E-state index in [4.69, 9.17) is 11.0 Å². The first-order chi connectivity index (χ1) is 7.09. The first-order valence-electron chi connectivity index (χ1n) is 5.16. The molecule has 0 aromatic carbocycles. The third kappa shape index (κ3) is 3.78. The molecule has 86 valence electrons. The van der Waals surface area contributed by atoms with Gasteiger partial charge in [-0.1, -0.05) is 12.8 Å². The maximum atomic E-state index is 11.4. The second-order valence-electron chi connectivity index (χ2n) is 3.92. The van der Waals surface area contributed by atoms with E-state index >= 15 is 0 Å². The Morgan fingerprint density at radius 3 is 2.67 bits per heavy atom. The summed E-state index contributed by atoms with van der Waals surface area (Å²) < 4.78 is 25.3. The quantitative estimate of drug-likeness (QED) is 0.709. The van der Waals surface area contributed by atoms with Crippen molar-refractivity contribution in [3.8, 4) is 6.07 Å². The molecule has 0 amide bonds. The fraction of sp³-hybridized carbons (Fsp3) is 0.889. The standard InChI is InChI=1S/C9H17N3O2S/c10-5-6-15(13,14)12-9-4-2-1-3-8(9)7-11/h8-9,12H,1-4,6-7,11H2. The van der Waals surface area contributed by atoms with Gasteiger partial charge in [-0.25, -0.2) is 13.1 Å². The Labute approximate surface area is 90.7 Å². The minimum atomic E-state index is -3.44. The average Bonchev–Trinajstić information content (AvgIpc) is 2.17. The Kier molecular flexibility index (Phi) is 4.51. The Morgan fingerprint density at radius 2 is 2.07 bits per heavy atom. The van der Waals surface area contributed by atoms with Crippen LogP contribution >= 0.6 is 0 Å². The number of rotatable bonds is 4. The summed E-state index contributed by atoms with van der Waals surface area (Å²) in [6.07, 6.45) is 3.93. The van der Waals surface area contributed by atoms with Crippen LogP contribution in [-0.4, -0.2) is 26.8 Å². The molecule has 2 atom stereocenters. The van der Waals surface area contributed by atoms with Crippen LogP contribution in [0, 0.1) is 17.2 Å². The summed E-state index contributed by atoms with van der Waals surface area (Å²) in [6, 6.07) is 1.57. The zero-order valence-corrected chi connectivity index (χ0v) is 9.46. The highest BCUT2D eigenvalue weighted by atomic mass is 32.2. The van der Waals surface area contributed by atoms with Crippen molar-refractivity contribution < 1.29 is 8.42 Å². The lowest BCUT2D eigenvalue weighted by molar-refractivity contribution is 0.296. The molecule has 0 saturated heterocycles. The molecule has 0 heterocycles. The molecule has 6 heteroatoms. The molecule has 0 spiro atoms. The van der Waals surface area contributed by atoms with Crippen LogP contribution in [0.1, 0.15) is 25.7 Å². The van der Waals surface area contributed by atoms with Crippen LogP contribution in [0.4, 0.5) is 0 Å². The molecule has 0 radical (unpaired) electrons. The van der Waals surface area contributed by atoms with Crippen LogP contribution in [-0.2, 0) is 10.0 Å². The number of nitrogens with one attached hydrogen (secondary N) is 1. The Hall–Kier alpha value is -0.640. The number of sulfonamides is 1. The van der Waals surface area contributed by atoms with Gasteiger partial charge in [0.25, 0.3) is 0 Å². The van der Waals surface area contributed by atoms with E-state index in [0.717, 1.165) is 25.7 Å². The van der Waals surface area contributed by atoms with Crippen LogP contribution in [0.2, 0.25) is 0 Å². The SMILES string of the molecule is N#CCS(=O)(=O)NC1CCCCC1CN. The van der Waals surface area contributed by atoms with Crippen LogP contribution < -0.4 is 10.5 Å². The van der Waals surface area contributed by atoms with Crippen molar-refractivity contribution in [3.05, 3.63) is 0 Å². The molecule has 0 bridgehead atoms. The van der Waals surface area contributed by atoms with E-state index < -0.39 is 15.8 Å². The smallest absolute Gasteiger partial charge is 0.225 e. The van der Waals surface area contributed by atoms with Crippen LogP contribution in [0.3, 0.4) is 0 Å². The van der Waals surface area contributed by atoms with E-state index in [0.29, 0.717) is 6.54 Å². The molecule has 1 saturated carbocycles. The van der Waals surface area contributed by atoms with Gasteiger partial charge >= 0.3 is 0 Å². The van der Waals surface area contributed by atoms with Crippen molar-refractivity contribution in [1.82, 2.24) is 4.72 Å². The van der Waals surface area contributed by atoms with Gasteiger partial charge in [0.15, 0.2) is 5.75 Å². The predicted octanol–water partition coefficient (Wildman–Crippen LogP) is -0.0531. The van der Waals surface area contributed by atoms with E-state index in [1.54, 1.807) is 6.07 Å². The normalized spacial score (nSPS) is 27.2.